The molecule has 0 fully saturated rings. The topological polar surface area (TPSA) is 108 Å². The van der Waals surface area contributed by atoms with Gasteiger partial charge in [-0.15, -0.1) is 0 Å². The Bertz CT molecular complexity index is 570. The summed E-state index contributed by atoms with van der Waals surface area (Å²) in [6.45, 7) is 5.49. The largest absolute Gasteiger partial charge is 0.480 e. The SMILES string of the molecule is CCc1ccc(NC(=O)NCC(=O)NC(CC(C)C)C(=O)O)cc1. The summed E-state index contributed by atoms with van der Waals surface area (Å²) in [6.07, 6.45) is 1.24. The molecule has 0 aromatic heterocycles. The first-order valence-corrected chi connectivity index (χ1v) is 7.97. The van der Waals surface area contributed by atoms with Crippen molar-refractivity contribution in [2.45, 2.75) is 39.7 Å². The van der Waals surface area contributed by atoms with Gasteiger partial charge in [-0.05, 0) is 36.5 Å². The van der Waals surface area contributed by atoms with Crippen LogP contribution in [-0.2, 0) is 16.0 Å². The molecule has 1 rings (SSSR count). The Morgan fingerprint density at radius 1 is 1.12 bits per heavy atom. The van der Waals surface area contributed by atoms with Crippen LogP contribution in [0, 0.1) is 5.92 Å². The van der Waals surface area contributed by atoms with Gasteiger partial charge in [0.05, 0.1) is 6.54 Å². The molecule has 7 nitrogen and oxygen atoms in total. The van der Waals surface area contributed by atoms with Crippen LogP contribution in [0.25, 0.3) is 0 Å². The molecule has 4 N–H and O–H groups in total. The molecular weight excluding hydrogens is 310 g/mol. The number of aryl methyl sites for hydroxylation is 1. The molecule has 0 aliphatic carbocycles. The van der Waals surface area contributed by atoms with E-state index in [1.165, 1.54) is 0 Å². The number of hydrogen-bond donors (Lipinski definition) is 4. The number of hydrogen-bond acceptors (Lipinski definition) is 3. The number of carboxylic acid groups (broad SMARTS) is 1. The molecule has 0 bridgehead atoms. The van der Waals surface area contributed by atoms with Crippen LogP contribution in [-0.4, -0.2) is 35.6 Å². The van der Waals surface area contributed by atoms with Gasteiger partial charge in [-0.25, -0.2) is 9.59 Å². The van der Waals surface area contributed by atoms with Gasteiger partial charge in [0, 0.05) is 5.69 Å². The van der Waals surface area contributed by atoms with Gasteiger partial charge in [0.25, 0.3) is 0 Å². The lowest BCUT2D eigenvalue weighted by molar-refractivity contribution is -0.142. The molecule has 0 aliphatic heterocycles. The van der Waals surface area contributed by atoms with Crippen LogP contribution >= 0.6 is 0 Å². The summed E-state index contributed by atoms with van der Waals surface area (Å²) in [4.78, 5) is 34.6. The third-order valence-electron chi connectivity index (χ3n) is 3.37. The summed E-state index contributed by atoms with van der Waals surface area (Å²) >= 11 is 0. The quantitative estimate of drug-likeness (QED) is 0.582. The van der Waals surface area contributed by atoms with E-state index < -0.39 is 23.9 Å². The van der Waals surface area contributed by atoms with Crippen molar-refractivity contribution in [3.63, 3.8) is 0 Å². The Morgan fingerprint density at radius 3 is 2.25 bits per heavy atom. The van der Waals surface area contributed by atoms with Crippen molar-refractivity contribution < 1.29 is 19.5 Å². The molecule has 1 unspecified atom stereocenters. The fourth-order valence-corrected chi connectivity index (χ4v) is 2.10. The van der Waals surface area contributed by atoms with E-state index in [-0.39, 0.29) is 12.5 Å². The lowest BCUT2D eigenvalue weighted by Crippen LogP contribution is -2.46. The number of urea groups is 1. The Hall–Kier alpha value is -2.57. The molecule has 0 aliphatic rings. The molecule has 0 radical (unpaired) electrons. The Balaban J connectivity index is 2.41. The molecule has 1 atom stereocenters. The molecule has 0 saturated heterocycles. The second-order valence-electron chi connectivity index (χ2n) is 5.95. The highest BCUT2D eigenvalue weighted by Crippen LogP contribution is 2.09. The van der Waals surface area contributed by atoms with Crippen molar-refractivity contribution in [1.29, 1.82) is 0 Å². The molecule has 1 aromatic rings. The van der Waals surface area contributed by atoms with E-state index in [0.29, 0.717) is 12.1 Å². The van der Waals surface area contributed by atoms with Gasteiger partial charge >= 0.3 is 12.0 Å². The van der Waals surface area contributed by atoms with Crippen LogP contribution in [0.4, 0.5) is 10.5 Å². The van der Waals surface area contributed by atoms with E-state index in [9.17, 15) is 14.4 Å². The minimum absolute atomic E-state index is 0.133. The van der Waals surface area contributed by atoms with Crippen molar-refractivity contribution in [2.75, 3.05) is 11.9 Å². The molecule has 0 spiro atoms. The van der Waals surface area contributed by atoms with E-state index in [0.717, 1.165) is 12.0 Å². The van der Waals surface area contributed by atoms with Crippen LogP contribution in [0.3, 0.4) is 0 Å². The summed E-state index contributed by atoms with van der Waals surface area (Å²) in [5.41, 5.74) is 1.78. The second kappa shape index (κ2) is 9.54. The normalized spacial score (nSPS) is 11.7. The molecular formula is C17H25N3O4. The fraction of sp³-hybridized carbons (Fsp3) is 0.471. The summed E-state index contributed by atoms with van der Waals surface area (Å²) < 4.78 is 0. The lowest BCUT2D eigenvalue weighted by Gasteiger charge is -2.16. The van der Waals surface area contributed by atoms with Gasteiger partial charge in [-0.1, -0.05) is 32.9 Å². The third-order valence-corrected chi connectivity index (χ3v) is 3.37. The van der Waals surface area contributed by atoms with Crippen molar-refractivity contribution in [3.8, 4) is 0 Å². The van der Waals surface area contributed by atoms with Crippen molar-refractivity contribution in [3.05, 3.63) is 29.8 Å². The first kappa shape index (κ1) is 19.5. The average molecular weight is 335 g/mol. The number of carboxylic acids is 1. The first-order chi connectivity index (χ1) is 11.3. The summed E-state index contributed by atoms with van der Waals surface area (Å²) in [6, 6.07) is 5.90. The Morgan fingerprint density at radius 2 is 1.75 bits per heavy atom. The van der Waals surface area contributed by atoms with Gasteiger partial charge in [0.2, 0.25) is 5.91 Å². The molecule has 3 amide bonds. The zero-order valence-corrected chi connectivity index (χ0v) is 14.3. The van der Waals surface area contributed by atoms with Crippen LogP contribution in [0.15, 0.2) is 24.3 Å². The standard InChI is InChI=1S/C17H25N3O4/c1-4-12-5-7-13(8-6-12)19-17(24)18-10-15(21)20-14(16(22)23)9-11(2)3/h5-8,11,14H,4,9-10H2,1-3H3,(H,20,21)(H,22,23)(H2,18,19,24). The maximum Gasteiger partial charge on any atom is 0.326 e. The molecule has 132 valence electrons. The monoisotopic (exact) mass is 335 g/mol. The molecule has 7 heteroatoms. The molecule has 24 heavy (non-hydrogen) atoms. The number of benzene rings is 1. The average Bonchev–Trinajstić information content (AvgIpc) is 2.52. The second-order valence-corrected chi connectivity index (χ2v) is 5.95. The summed E-state index contributed by atoms with van der Waals surface area (Å²) in [5, 5.41) is 16.5. The van der Waals surface area contributed by atoms with Crippen LogP contribution in [0.2, 0.25) is 0 Å². The number of rotatable bonds is 8. The lowest BCUT2D eigenvalue weighted by atomic mass is 10.0. The maximum absolute atomic E-state index is 11.8. The fourth-order valence-electron chi connectivity index (χ4n) is 2.10. The van der Waals surface area contributed by atoms with Crippen molar-refractivity contribution in [1.82, 2.24) is 10.6 Å². The Kier molecular flexibility index (Phi) is 7.74. The number of carbonyl (C=O) groups is 3. The van der Waals surface area contributed by atoms with Crippen LogP contribution < -0.4 is 16.0 Å². The van der Waals surface area contributed by atoms with Gasteiger partial charge in [0.15, 0.2) is 0 Å². The number of nitrogens with one attached hydrogen (secondary N) is 3. The van der Waals surface area contributed by atoms with Crippen molar-refractivity contribution >= 4 is 23.6 Å². The number of amides is 3. The predicted octanol–water partition coefficient (Wildman–Crippen LogP) is 1.99. The molecule has 0 heterocycles. The van der Waals surface area contributed by atoms with Gasteiger partial charge < -0.3 is 21.1 Å². The zero-order chi connectivity index (χ0) is 18.1. The van der Waals surface area contributed by atoms with E-state index in [1.807, 2.05) is 32.9 Å². The van der Waals surface area contributed by atoms with Crippen LogP contribution in [0.5, 0.6) is 0 Å². The highest BCUT2D eigenvalue weighted by Gasteiger charge is 2.21. The molecule has 1 aromatic carbocycles. The zero-order valence-electron chi connectivity index (χ0n) is 14.3. The van der Waals surface area contributed by atoms with Gasteiger partial charge in [-0.3, -0.25) is 4.79 Å². The highest BCUT2D eigenvalue weighted by molar-refractivity contribution is 5.93. The minimum Gasteiger partial charge on any atom is -0.480 e. The summed E-state index contributed by atoms with van der Waals surface area (Å²) in [5.74, 6) is -1.49. The Labute approximate surface area is 141 Å². The van der Waals surface area contributed by atoms with E-state index in [4.69, 9.17) is 5.11 Å². The number of carbonyl (C=O) groups excluding carboxylic acids is 2. The predicted molar refractivity (Wildman–Crippen MR) is 91.9 cm³/mol. The van der Waals surface area contributed by atoms with E-state index in [1.54, 1.807) is 12.1 Å². The molecule has 0 saturated carbocycles. The maximum atomic E-state index is 11.8. The van der Waals surface area contributed by atoms with Gasteiger partial charge in [-0.2, -0.15) is 0 Å². The number of anilines is 1. The van der Waals surface area contributed by atoms with E-state index in [2.05, 4.69) is 16.0 Å². The third kappa shape index (κ3) is 7.13. The highest BCUT2D eigenvalue weighted by atomic mass is 16.4. The number of aliphatic carboxylic acids is 1. The summed E-state index contributed by atoms with van der Waals surface area (Å²) in [7, 11) is 0. The van der Waals surface area contributed by atoms with Crippen LogP contribution in [0.1, 0.15) is 32.8 Å². The first-order valence-electron chi connectivity index (χ1n) is 7.97. The smallest absolute Gasteiger partial charge is 0.326 e. The van der Waals surface area contributed by atoms with Crippen molar-refractivity contribution in [2.24, 2.45) is 5.92 Å². The van der Waals surface area contributed by atoms with E-state index >= 15 is 0 Å². The minimum atomic E-state index is -1.09. The van der Waals surface area contributed by atoms with Gasteiger partial charge in [0.1, 0.15) is 6.04 Å².